The SMILES string of the molecule is CCCCCCCCCCCC/C=C/C=C(\C)C(=O)O. The molecule has 0 bridgehead atoms. The van der Waals surface area contributed by atoms with E-state index >= 15 is 0 Å². The summed E-state index contributed by atoms with van der Waals surface area (Å²) in [6.07, 6.45) is 20.2. The van der Waals surface area contributed by atoms with Gasteiger partial charge in [-0.2, -0.15) is 0 Å². The summed E-state index contributed by atoms with van der Waals surface area (Å²) in [6, 6.07) is 0. The van der Waals surface area contributed by atoms with Crippen molar-refractivity contribution in [2.24, 2.45) is 0 Å². The fourth-order valence-corrected chi connectivity index (χ4v) is 2.13. The van der Waals surface area contributed by atoms with Crippen molar-refractivity contribution in [1.82, 2.24) is 0 Å². The minimum Gasteiger partial charge on any atom is -0.478 e. The van der Waals surface area contributed by atoms with Gasteiger partial charge in [-0.15, -0.1) is 0 Å². The predicted molar refractivity (Wildman–Crippen MR) is 87.0 cm³/mol. The van der Waals surface area contributed by atoms with E-state index in [0.717, 1.165) is 6.42 Å². The van der Waals surface area contributed by atoms with Crippen LogP contribution in [0.15, 0.2) is 23.8 Å². The molecule has 0 aromatic rings. The number of rotatable bonds is 13. The van der Waals surface area contributed by atoms with E-state index in [1.54, 1.807) is 13.0 Å². The lowest BCUT2D eigenvalue weighted by atomic mass is 10.1. The lowest BCUT2D eigenvalue weighted by Crippen LogP contribution is -1.94. The molecule has 116 valence electrons. The quantitative estimate of drug-likeness (QED) is 0.260. The van der Waals surface area contributed by atoms with Crippen molar-refractivity contribution in [2.75, 3.05) is 0 Å². The number of carboxylic acids is 1. The van der Waals surface area contributed by atoms with Crippen LogP contribution in [0.3, 0.4) is 0 Å². The van der Waals surface area contributed by atoms with Gasteiger partial charge in [-0.05, 0) is 19.8 Å². The second kappa shape index (κ2) is 14.4. The van der Waals surface area contributed by atoms with E-state index in [1.807, 2.05) is 6.08 Å². The molecular weight excluding hydrogens is 248 g/mol. The molecule has 0 aliphatic carbocycles. The molecule has 0 fully saturated rings. The normalized spacial score (nSPS) is 12.2. The largest absolute Gasteiger partial charge is 0.478 e. The first kappa shape index (κ1) is 18.9. The van der Waals surface area contributed by atoms with Gasteiger partial charge in [0.2, 0.25) is 0 Å². The fourth-order valence-electron chi connectivity index (χ4n) is 2.13. The molecule has 1 N–H and O–H groups in total. The van der Waals surface area contributed by atoms with Crippen LogP contribution in [-0.4, -0.2) is 11.1 Å². The van der Waals surface area contributed by atoms with E-state index in [-0.39, 0.29) is 0 Å². The number of hydrogen-bond acceptors (Lipinski definition) is 1. The Labute approximate surface area is 125 Å². The zero-order valence-corrected chi connectivity index (χ0v) is 13.4. The third kappa shape index (κ3) is 13.4. The molecule has 0 saturated heterocycles. The highest BCUT2D eigenvalue weighted by Gasteiger charge is 1.95. The molecule has 0 radical (unpaired) electrons. The topological polar surface area (TPSA) is 37.3 Å². The van der Waals surface area contributed by atoms with Crippen molar-refractivity contribution in [2.45, 2.75) is 84.5 Å². The molecule has 0 aliphatic heterocycles. The lowest BCUT2D eigenvalue weighted by molar-refractivity contribution is -0.132. The Kier molecular flexibility index (Phi) is 13.6. The van der Waals surface area contributed by atoms with E-state index < -0.39 is 5.97 Å². The Morgan fingerprint density at radius 2 is 1.40 bits per heavy atom. The highest BCUT2D eigenvalue weighted by molar-refractivity contribution is 5.86. The van der Waals surface area contributed by atoms with Gasteiger partial charge in [0.15, 0.2) is 0 Å². The van der Waals surface area contributed by atoms with Crippen LogP contribution in [0.2, 0.25) is 0 Å². The zero-order chi connectivity index (χ0) is 15.1. The van der Waals surface area contributed by atoms with Crippen LogP contribution in [0.5, 0.6) is 0 Å². The number of allylic oxidation sites excluding steroid dienone is 3. The van der Waals surface area contributed by atoms with Crippen molar-refractivity contribution >= 4 is 5.97 Å². The van der Waals surface area contributed by atoms with Crippen molar-refractivity contribution in [3.63, 3.8) is 0 Å². The van der Waals surface area contributed by atoms with E-state index in [2.05, 4.69) is 13.0 Å². The molecule has 0 aromatic heterocycles. The maximum atomic E-state index is 10.5. The van der Waals surface area contributed by atoms with E-state index in [9.17, 15) is 4.79 Å². The fraction of sp³-hybridized carbons (Fsp3) is 0.722. The second-order valence-electron chi connectivity index (χ2n) is 5.55. The van der Waals surface area contributed by atoms with Gasteiger partial charge in [0, 0.05) is 5.57 Å². The number of aliphatic carboxylic acids is 1. The lowest BCUT2D eigenvalue weighted by Gasteiger charge is -2.01. The van der Waals surface area contributed by atoms with Crippen molar-refractivity contribution in [1.29, 1.82) is 0 Å². The summed E-state index contributed by atoms with van der Waals surface area (Å²) < 4.78 is 0. The number of unbranched alkanes of at least 4 members (excludes halogenated alkanes) is 10. The van der Waals surface area contributed by atoms with Gasteiger partial charge in [-0.3, -0.25) is 0 Å². The Balaban J connectivity index is 3.26. The molecule has 0 heterocycles. The first-order valence-electron chi connectivity index (χ1n) is 8.25. The average Bonchev–Trinajstić information content (AvgIpc) is 2.43. The molecule has 0 spiro atoms. The van der Waals surface area contributed by atoms with Gasteiger partial charge in [0.25, 0.3) is 0 Å². The summed E-state index contributed by atoms with van der Waals surface area (Å²) in [4.78, 5) is 10.5. The van der Waals surface area contributed by atoms with Gasteiger partial charge in [-0.25, -0.2) is 4.79 Å². The molecule has 0 aromatic carbocycles. The summed E-state index contributed by atoms with van der Waals surface area (Å²) in [6.45, 7) is 3.88. The summed E-state index contributed by atoms with van der Waals surface area (Å²) in [5.41, 5.74) is 0.393. The molecule has 0 rings (SSSR count). The number of hydrogen-bond donors (Lipinski definition) is 1. The maximum Gasteiger partial charge on any atom is 0.331 e. The molecule has 2 nitrogen and oxygen atoms in total. The van der Waals surface area contributed by atoms with Gasteiger partial charge in [-0.1, -0.05) is 82.9 Å². The second-order valence-corrected chi connectivity index (χ2v) is 5.55. The molecule has 0 saturated carbocycles. The molecular formula is C18H32O2. The molecule has 0 aliphatic rings. The van der Waals surface area contributed by atoms with E-state index in [1.165, 1.54) is 64.2 Å². The zero-order valence-electron chi connectivity index (χ0n) is 13.4. The first-order valence-corrected chi connectivity index (χ1v) is 8.25. The predicted octanol–water partition coefficient (Wildman–Crippen LogP) is 5.88. The van der Waals surface area contributed by atoms with Crippen LogP contribution in [0.25, 0.3) is 0 Å². The standard InChI is InChI=1S/C18H32O2/c1-3-4-5-6-7-8-9-10-11-12-13-14-15-16-17(2)18(19)20/h14-16H,3-13H2,1-2H3,(H,19,20)/b15-14+,17-16+. The third-order valence-electron chi connectivity index (χ3n) is 3.54. The highest BCUT2D eigenvalue weighted by atomic mass is 16.4. The van der Waals surface area contributed by atoms with Crippen LogP contribution in [0, 0.1) is 0 Å². The average molecular weight is 280 g/mol. The Morgan fingerprint density at radius 1 is 0.900 bits per heavy atom. The minimum absolute atomic E-state index is 0.393. The molecule has 0 unspecified atom stereocenters. The van der Waals surface area contributed by atoms with Crippen LogP contribution < -0.4 is 0 Å². The van der Waals surface area contributed by atoms with Gasteiger partial charge < -0.3 is 5.11 Å². The first-order chi connectivity index (χ1) is 9.68. The maximum absolute atomic E-state index is 10.5. The minimum atomic E-state index is -0.839. The Bertz CT molecular complexity index is 290. The monoisotopic (exact) mass is 280 g/mol. The summed E-state index contributed by atoms with van der Waals surface area (Å²) in [5.74, 6) is -0.839. The summed E-state index contributed by atoms with van der Waals surface area (Å²) in [7, 11) is 0. The van der Waals surface area contributed by atoms with Gasteiger partial charge in [0.1, 0.15) is 0 Å². The van der Waals surface area contributed by atoms with Crippen LogP contribution in [0.1, 0.15) is 84.5 Å². The van der Waals surface area contributed by atoms with Crippen LogP contribution in [-0.2, 0) is 4.79 Å². The Morgan fingerprint density at radius 3 is 1.90 bits per heavy atom. The van der Waals surface area contributed by atoms with Gasteiger partial charge >= 0.3 is 5.97 Å². The molecule has 0 atom stereocenters. The highest BCUT2D eigenvalue weighted by Crippen LogP contribution is 2.11. The van der Waals surface area contributed by atoms with Gasteiger partial charge in [0.05, 0.1) is 0 Å². The van der Waals surface area contributed by atoms with Crippen molar-refractivity contribution in [3.8, 4) is 0 Å². The van der Waals surface area contributed by atoms with Crippen molar-refractivity contribution < 1.29 is 9.90 Å². The summed E-state index contributed by atoms with van der Waals surface area (Å²) >= 11 is 0. The summed E-state index contributed by atoms with van der Waals surface area (Å²) in [5, 5.41) is 8.67. The molecule has 20 heavy (non-hydrogen) atoms. The molecule has 0 amide bonds. The Hall–Kier alpha value is -1.05. The number of carbonyl (C=O) groups is 1. The third-order valence-corrected chi connectivity index (χ3v) is 3.54. The van der Waals surface area contributed by atoms with E-state index in [4.69, 9.17) is 5.11 Å². The van der Waals surface area contributed by atoms with E-state index in [0.29, 0.717) is 5.57 Å². The van der Waals surface area contributed by atoms with Crippen molar-refractivity contribution in [3.05, 3.63) is 23.8 Å². The molecule has 2 heteroatoms. The van der Waals surface area contributed by atoms with Crippen LogP contribution >= 0.6 is 0 Å². The van der Waals surface area contributed by atoms with Crippen LogP contribution in [0.4, 0.5) is 0 Å². The number of carboxylic acid groups (broad SMARTS) is 1. The smallest absolute Gasteiger partial charge is 0.331 e.